The third-order valence-electron chi connectivity index (χ3n) is 3.58. The zero-order valence-corrected chi connectivity index (χ0v) is 13.7. The van der Waals surface area contributed by atoms with Gasteiger partial charge in [0.25, 0.3) is 5.91 Å². The van der Waals surface area contributed by atoms with Crippen LogP contribution in [0.5, 0.6) is 0 Å². The summed E-state index contributed by atoms with van der Waals surface area (Å²) in [7, 11) is 0. The zero-order valence-electron chi connectivity index (χ0n) is 13.0. The van der Waals surface area contributed by atoms with Gasteiger partial charge in [-0.05, 0) is 54.8 Å². The van der Waals surface area contributed by atoms with Crippen LogP contribution < -0.4 is 10.6 Å². The molecule has 3 rings (SSSR count). The summed E-state index contributed by atoms with van der Waals surface area (Å²) in [6.45, 7) is 0. The fourth-order valence-corrected chi connectivity index (χ4v) is 2.40. The van der Waals surface area contributed by atoms with Crippen LogP contribution in [-0.2, 0) is 4.79 Å². The van der Waals surface area contributed by atoms with Gasteiger partial charge >= 0.3 is 0 Å². The van der Waals surface area contributed by atoms with Crippen LogP contribution in [0, 0.1) is 0 Å². The molecule has 1 aliphatic carbocycles. The minimum atomic E-state index is -0.269. The van der Waals surface area contributed by atoms with E-state index in [0.29, 0.717) is 22.3 Å². The molecule has 1 fully saturated rings. The lowest BCUT2D eigenvalue weighted by Gasteiger charge is -2.06. The molecule has 0 saturated heterocycles. The lowest BCUT2D eigenvalue weighted by atomic mass is 10.2. The van der Waals surface area contributed by atoms with Gasteiger partial charge in [-0.2, -0.15) is 0 Å². The van der Waals surface area contributed by atoms with Crippen LogP contribution in [-0.4, -0.2) is 17.9 Å². The van der Waals surface area contributed by atoms with E-state index in [1.807, 2.05) is 12.1 Å². The van der Waals surface area contributed by atoms with E-state index in [-0.39, 0.29) is 11.8 Å². The molecule has 2 aromatic rings. The maximum Gasteiger partial charge on any atom is 0.251 e. The smallest absolute Gasteiger partial charge is 0.251 e. The first kappa shape index (κ1) is 16.3. The van der Waals surface area contributed by atoms with Crippen molar-refractivity contribution in [1.82, 2.24) is 5.32 Å². The summed E-state index contributed by atoms with van der Waals surface area (Å²) >= 11 is 5.91. The number of amides is 2. The largest absolute Gasteiger partial charge is 0.349 e. The quantitative estimate of drug-likeness (QED) is 0.811. The number of anilines is 1. The lowest BCUT2D eigenvalue weighted by Crippen LogP contribution is -2.25. The summed E-state index contributed by atoms with van der Waals surface area (Å²) < 4.78 is 0. The molecule has 0 radical (unpaired) electrons. The van der Waals surface area contributed by atoms with Crippen molar-refractivity contribution in [3.8, 4) is 0 Å². The van der Waals surface area contributed by atoms with Crippen molar-refractivity contribution in [3.63, 3.8) is 0 Å². The second-order valence-electron chi connectivity index (χ2n) is 5.71. The van der Waals surface area contributed by atoms with Gasteiger partial charge in [0.1, 0.15) is 0 Å². The molecule has 0 atom stereocenters. The Morgan fingerprint density at radius 1 is 1.08 bits per heavy atom. The van der Waals surface area contributed by atoms with Crippen LogP contribution in [0.1, 0.15) is 28.8 Å². The first-order valence-corrected chi connectivity index (χ1v) is 8.13. The highest BCUT2D eigenvalue weighted by Gasteiger charge is 2.23. The van der Waals surface area contributed by atoms with Crippen LogP contribution >= 0.6 is 11.6 Å². The molecule has 24 heavy (non-hydrogen) atoms. The summed E-state index contributed by atoms with van der Waals surface area (Å²) in [6, 6.07) is 14.4. The Balaban J connectivity index is 1.62. The molecule has 0 unspecified atom stereocenters. The maximum absolute atomic E-state index is 12.0. The van der Waals surface area contributed by atoms with Crippen molar-refractivity contribution in [2.45, 2.75) is 18.9 Å². The first-order valence-electron chi connectivity index (χ1n) is 7.76. The summed E-state index contributed by atoms with van der Waals surface area (Å²) in [6.07, 6.45) is 5.19. The van der Waals surface area contributed by atoms with E-state index in [9.17, 15) is 9.59 Å². The number of carbonyl (C=O) groups is 2. The van der Waals surface area contributed by atoms with Gasteiger partial charge in [0.05, 0.1) is 0 Å². The Bertz CT molecular complexity index is 797. The molecule has 1 saturated carbocycles. The Kier molecular flexibility index (Phi) is 4.96. The average molecular weight is 341 g/mol. The van der Waals surface area contributed by atoms with Crippen molar-refractivity contribution >= 4 is 35.2 Å². The monoisotopic (exact) mass is 340 g/mol. The highest BCUT2D eigenvalue weighted by molar-refractivity contribution is 6.30. The van der Waals surface area contributed by atoms with Gasteiger partial charge < -0.3 is 10.6 Å². The van der Waals surface area contributed by atoms with Crippen LogP contribution in [0.25, 0.3) is 6.08 Å². The molecule has 122 valence electrons. The van der Waals surface area contributed by atoms with Crippen LogP contribution in [0.15, 0.2) is 54.6 Å². The highest BCUT2D eigenvalue weighted by Crippen LogP contribution is 2.20. The zero-order chi connectivity index (χ0) is 16.9. The van der Waals surface area contributed by atoms with E-state index in [1.165, 1.54) is 6.08 Å². The summed E-state index contributed by atoms with van der Waals surface area (Å²) in [5, 5.41) is 6.29. The van der Waals surface area contributed by atoms with E-state index in [1.54, 1.807) is 42.5 Å². The number of hydrogen-bond acceptors (Lipinski definition) is 2. The third kappa shape index (κ3) is 4.70. The lowest BCUT2D eigenvalue weighted by molar-refractivity contribution is -0.111. The number of rotatable bonds is 5. The summed E-state index contributed by atoms with van der Waals surface area (Å²) in [5.74, 6) is -0.377. The minimum absolute atomic E-state index is 0.108. The van der Waals surface area contributed by atoms with Gasteiger partial charge in [0.15, 0.2) is 0 Å². The Labute approximate surface area is 145 Å². The molecule has 0 aliphatic heterocycles. The summed E-state index contributed by atoms with van der Waals surface area (Å²) in [5.41, 5.74) is 1.97. The van der Waals surface area contributed by atoms with Gasteiger partial charge in [-0.1, -0.05) is 29.8 Å². The molecule has 2 N–H and O–H groups in total. The summed E-state index contributed by atoms with van der Waals surface area (Å²) in [4.78, 5) is 24.0. The third-order valence-corrected chi connectivity index (χ3v) is 3.82. The molecule has 0 heterocycles. The van der Waals surface area contributed by atoms with E-state index in [2.05, 4.69) is 10.6 Å². The van der Waals surface area contributed by atoms with Gasteiger partial charge in [-0.15, -0.1) is 0 Å². The van der Waals surface area contributed by atoms with Crippen LogP contribution in [0.3, 0.4) is 0 Å². The second kappa shape index (κ2) is 7.32. The topological polar surface area (TPSA) is 58.2 Å². The minimum Gasteiger partial charge on any atom is -0.349 e. The number of nitrogens with one attached hydrogen (secondary N) is 2. The molecule has 4 nitrogen and oxygen atoms in total. The maximum atomic E-state index is 12.0. The molecule has 2 amide bonds. The van der Waals surface area contributed by atoms with Crippen LogP contribution in [0.2, 0.25) is 5.02 Å². The van der Waals surface area contributed by atoms with E-state index in [4.69, 9.17) is 11.6 Å². The molecular weight excluding hydrogens is 324 g/mol. The molecule has 1 aliphatic rings. The van der Waals surface area contributed by atoms with E-state index >= 15 is 0 Å². The average Bonchev–Trinajstić information content (AvgIpc) is 3.37. The van der Waals surface area contributed by atoms with Gasteiger partial charge in [-0.25, -0.2) is 0 Å². The van der Waals surface area contributed by atoms with Crippen molar-refractivity contribution in [1.29, 1.82) is 0 Å². The van der Waals surface area contributed by atoms with E-state index < -0.39 is 0 Å². The number of hydrogen-bond donors (Lipinski definition) is 2. The number of carbonyl (C=O) groups excluding carboxylic acids is 2. The number of halogens is 1. The first-order chi connectivity index (χ1) is 11.6. The Morgan fingerprint density at radius 3 is 2.62 bits per heavy atom. The van der Waals surface area contributed by atoms with E-state index in [0.717, 1.165) is 18.4 Å². The van der Waals surface area contributed by atoms with Gasteiger partial charge in [0.2, 0.25) is 5.91 Å². The molecule has 2 aromatic carbocycles. The molecular formula is C19H17ClN2O2. The predicted molar refractivity (Wildman–Crippen MR) is 96.0 cm³/mol. The highest BCUT2D eigenvalue weighted by atomic mass is 35.5. The number of benzene rings is 2. The molecule has 0 aromatic heterocycles. The molecule has 5 heteroatoms. The van der Waals surface area contributed by atoms with Crippen molar-refractivity contribution in [2.75, 3.05) is 5.32 Å². The SMILES string of the molecule is O=C(/C=C/c1cccc(Cl)c1)Nc1cccc(C(=O)NC2CC2)c1. The van der Waals surface area contributed by atoms with Crippen LogP contribution in [0.4, 0.5) is 5.69 Å². The fraction of sp³-hybridized carbons (Fsp3) is 0.158. The van der Waals surface area contributed by atoms with Crippen molar-refractivity contribution in [2.24, 2.45) is 0 Å². The predicted octanol–water partition coefficient (Wildman–Crippen LogP) is 3.88. The normalized spacial score (nSPS) is 13.7. The second-order valence-corrected chi connectivity index (χ2v) is 6.14. The van der Waals surface area contributed by atoms with Gasteiger partial charge in [-0.3, -0.25) is 9.59 Å². The molecule has 0 spiro atoms. The van der Waals surface area contributed by atoms with Gasteiger partial charge in [0, 0.05) is 28.4 Å². The van der Waals surface area contributed by atoms with Crippen molar-refractivity contribution in [3.05, 3.63) is 70.8 Å². The Hall–Kier alpha value is -2.59. The fourth-order valence-electron chi connectivity index (χ4n) is 2.20. The standard InChI is InChI=1S/C19H17ClN2O2/c20-15-5-1-3-13(11-15)7-10-18(23)21-17-6-2-4-14(12-17)19(24)22-16-8-9-16/h1-7,10-12,16H,8-9H2,(H,21,23)(H,22,24)/b10-7+. The van der Waals surface area contributed by atoms with Crippen molar-refractivity contribution < 1.29 is 9.59 Å². The Morgan fingerprint density at radius 2 is 1.88 bits per heavy atom. The molecule has 0 bridgehead atoms.